The Hall–Kier alpha value is -2.92. The van der Waals surface area contributed by atoms with Crippen molar-refractivity contribution in [3.63, 3.8) is 0 Å². The lowest BCUT2D eigenvalue weighted by atomic mass is 9.82. The van der Waals surface area contributed by atoms with Crippen LogP contribution in [-0.4, -0.2) is 49.0 Å². The summed E-state index contributed by atoms with van der Waals surface area (Å²) >= 11 is 0. The van der Waals surface area contributed by atoms with E-state index in [0.717, 1.165) is 18.9 Å². The van der Waals surface area contributed by atoms with Gasteiger partial charge in [0, 0.05) is 36.2 Å². The Kier molecular flexibility index (Phi) is 7.42. The van der Waals surface area contributed by atoms with E-state index in [1.165, 1.54) is 24.3 Å². The summed E-state index contributed by atoms with van der Waals surface area (Å²) in [6.07, 6.45) is 2.50. The van der Waals surface area contributed by atoms with Crippen LogP contribution < -0.4 is 11.5 Å². The maximum atomic E-state index is 14.1. The Labute approximate surface area is 207 Å². The van der Waals surface area contributed by atoms with Crippen LogP contribution in [0.3, 0.4) is 0 Å². The second-order valence-corrected chi connectivity index (χ2v) is 11.7. The normalized spacial score (nSPS) is 22.4. The maximum absolute atomic E-state index is 14.1. The van der Waals surface area contributed by atoms with E-state index in [4.69, 9.17) is 11.5 Å². The van der Waals surface area contributed by atoms with Gasteiger partial charge in [0.1, 0.15) is 5.82 Å². The Morgan fingerprint density at radius 2 is 1.64 bits per heavy atom. The molecule has 4 N–H and O–H groups in total. The molecule has 0 aromatic heterocycles. The standard InChI is InChI=1S/C25H28F3N3O4S/c26-20-13-22(28)21(27)11-15(20)12-23(29)16-8-17-4-5-18(9-16)31(17)24(32)6-7-36(34,35)19-3-1-2-14(10-19)25(30)33/h1-3,10-11,13,16-18,23H,4-9,12,29H2,(H2,30,33). The largest absolute Gasteiger partial charge is 0.366 e. The predicted molar refractivity (Wildman–Crippen MR) is 126 cm³/mol. The van der Waals surface area contributed by atoms with E-state index in [2.05, 4.69) is 0 Å². The van der Waals surface area contributed by atoms with Crippen LogP contribution in [0.2, 0.25) is 0 Å². The first-order valence-electron chi connectivity index (χ1n) is 11.8. The van der Waals surface area contributed by atoms with Crippen LogP contribution in [0.25, 0.3) is 0 Å². The van der Waals surface area contributed by atoms with Gasteiger partial charge in [-0.05, 0) is 67.9 Å². The summed E-state index contributed by atoms with van der Waals surface area (Å²) in [5.74, 6) is -4.68. The van der Waals surface area contributed by atoms with Gasteiger partial charge in [0.15, 0.2) is 21.5 Å². The summed E-state index contributed by atoms with van der Waals surface area (Å²) in [5, 5.41) is 0. The molecule has 2 bridgehead atoms. The molecule has 0 aliphatic carbocycles. The van der Waals surface area contributed by atoms with Crippen LogP contribution in [0.5, 0.6) is 0 Å². The summed E-state index contributed by atoms with van der Waals surface area (Å²) in [6.45, 7) is 0. The molecule has 7 nitrogen and oxygen atoms in total. The molecule has 0 radical (unpaired) electrons. The fraction of sp³-hybridized carbons (Fsp3) is 0.440. The van der Waals surface area contributed by atoms with Crippen LogP contribution in [0.15, 0.2) is 41.3 Å². The lowest BCUT2D eigenvalue weighted by Gasteiger charge is -2.41. The minimum absolute atomic E-state index is 0.0119. The van der Waals surface area contributed by atoms with E-state index in [9.17, 15) is 31.2 Å². The van der Waals surface area contributed by atoms with E-state index in [-0.39, 0.29) is 52.8 Å². The highest BCUT2D eigenvalue weighted by molar-refractivity contribution is 7.91. The van der Waals surface area contributed by atoms with Crippen molar-refractivity contribution >= 4 is 21.7 Å². The minimum atomic E-state index is -3.80. The molecule has 0 saturated carbocycles. The molecule has 2 fully saturated rings. The van der Waals surface area contributed by atoms with E-state index in [1.54, 1.807) is 4.90 Å². The molecule has 3 unspecified atom stereocenters. The van der Waals surface area contributed by atoms with Gasteiger partial charge in [-0.3, -0.25) is 9.59 Å². The number of sulfone groups is 1. The number of hydrogen-bond donors (Lipinski definition) is 2. The van der Waals surface area contributed by atoms with Crippen LogP contribution in [0.1, 0.15) is 48.0 Å². The first-order valence-corrected chi connectivity index (χ1v) is 13.4. The van der Waals surface area contributed by atoms with Gasteiger partial charge in [0.05, 0.1) is 10.6 Å². The Bertz CT molecular complexity index is 1270. The van der Waals surface area contributed by atoms with Crippen LogP contribution in [-0.2, 0) is 21.1 Å². The number of amides is 2. The highest BCUT2D eigenvalue weighted by Gasteiger charge is 2.44. The summed E-state index contributed by atoms with van der Waals surface area (Å²) < 4.78 is 66.3. The van der Waals surface area contributed by atoms with Crippen molar-refractivity contribution in [3.8, 4) is 0 Å². The van der Waals surface area contributed by atoms with E-state index < -0.39 is 45.0 Å². The molecule has 2 heterocycles. The monoisotopic (exact) mass is 523 g/mol. The van der Waals surface area contributed by atoms with Crippen molar-refractivity contribution in [2.45, 2.75) is 61.5 Å². The zero-order valence-corrected chi connectivity index (χ0v) is 20.3. The number of nitrogens with two attached hydrogens (primary N) is 2. The summed E-state index contributed by atoms with van der Waals surface area (Å²) in [6, 6.07) is 6.04. The molecule has 2 aliphatic heterocycles. The lowest BCUT2D eigenvalue weighted by molar-refractivity contribution is -0.136. The number of hydrogen-bond acceptors (Lipinski definition) is 5. The van der Waals surface area contributed by atoms with Gasteiger partial charge < -0.3 is 16.4 Å². The first kappa shape index (κ1) is 26.2. The fourth-order valence-corrected chi connectivity index (χ4v) is 6.70. The van der Waals surface area contributed by atoms with E-state index in [0.29, 0.717) is 18.9 Å². The lowest BCUT2D eigenvalue weighted by Crippen LogP contribution is -2.50. The van der Waals surface area contributed by atoms with Gasteiger partial charge in [-0.1, -0.05) is 6.07 Å². The van der Waals surface area contributed by atoms with E-state index >= 15 is 0 Å². The van der Waals surface area contributed by atoms with Gasteiger partial charge in [0.25, 0.3) is 0 Å². The van der Waals surface area contributed by atoms with Crippen molar-refractivity contribution in [2.24, 2.45) is 17.4 Å². The third-order valence-corrected chi connectivity index (χ3v) is 8.98. The van der Waals surface area contributed by atoms with Crippen molar-refractivity contribution in [1.82, 2.24) is 4.90 Å². The molecule has 0 spiro atoms. The third-order valence-electron chi connectivity index (χ3n) is 7.27. The molecule has 2 aromatic rings. The van der Waals surface area contributed by atoms with Gasteiger partial charge in [-0.25, -0.2) is 21.6 Å². The zero-order chi connectivity index (χ0) is 26.2. The smallest absolute Gasteiger partial charge is 0.248 e. The number of carbonyl (C=O) groups is 2. The maximum Gasteiger partial charge on any atom is 0.248 e. The van der Waals surface area contributed by atoms with Crippen molar-refractivity contribution in [3.05, 3.63) is 65.0 Å². The van der Waals surface area contributed by atoms with Crippen LogP contribution in [0, 0.1) is 23.4 Å². The molecule has 36 heavy (non-hydrogen) atoms. The van der Waals surface area contributed by atoms with Crippen molar-refractivity contribution in [1.29, 1.82) is 0 Å². The summed E-state index contributed by atoms with van der Waals surface area (Å²) in [5.41, 5.74) is 11.6. The summed E-state index contributed by atoms with van der Waals surface area (Å²) in [7, 11) is -3.80. The molecular weight excluding hydrogens is 495 g/mol. The Morgan fingerprint density at radius 3 is 2.28 bits per heavy atom. The number of piperidine rings is 1. The fourth-order valence-electron chi connectivity index (χ4n) is 5.43. The predicted octanol–water partition coefficient (Wildman–Crippen LogP) is 2.71. The average Bonchev–Trinajstić information content (AvgIpc) is 3.10. The number of rotatable bonds is 8. The Balaban J connectivity index is 1.37. The highest BCUT2D eigenvalue weighted by atomic mass is 32.2. The minimum Gasteiger partial charge on any atom is -0.366 e. The number of carbonyl (C=O) groups excluding carboxylic acids is 2. The van der Waals surface area contributed by atoms with Gasteiger partial charge in [-0.2, -0.15) is 0 Å². The van der Waals surface area contributed by atoms with Crippen LogP contribution >= 0.6 is 0 Å². The molecule has 2 amide bonds. The number of nitrogens with zero attached hydrogens (tertiary/aromatic N) is 1. The molecular formula is C25H28F3N3O4S. The van der Waals surface area contributed by atoms with Gasteiger partial charge in [0.2, 0.25) is 11.8 Å². The van der Waals surface area contributed by atoms with Crippen molar-refractivity contribution in [2.75, 3.05) is 5.75 Å². The number of benzene rings is 2. The second kappa shape index (κ2) is 10.2. The quantitative estimate of drug-likeness (QED) is 0.515. The number of primary amides is 1. The second-order valence-electron chi connectivity index (χ2n) is 9.60. The molecule has 2 aliphatic rings. The highest BCUT2D eigenvalue weighted by Crippen LogP contribution is 2.40. The molecule has 4 rings (SSSR count). The SMILES string of the molecule is NC(=O)c1cccc(S(=O)(=O)CCC(=O)N2C3CCC2CC(C(N)Cc2cc(F)c(F)cc2F)C3)c1. The number of fused-ring (bicyclic) bond motifs is 2. The molecule has 3 atom stereocenters. The van der Waals surface area contributed by atoms with Crippen molar-refractivity contribution < 1.29 is 31.2 Å². The van der Waals surface area contributed by atoms with Gasteiger partial charge in [-0.15, -0.1) is 0 Å². The zero-order valence-electron chi connectivity index (χ0n) is 19.5. The molecule has 11 heteroatoms. The molecule has 194 valence electrons. The van der Waals surface area contributed by atoms with Crippen LogP contribution in [0.4, 0.5) is 13.2 Å². The topological polar surface area (TPSA) is 124 Å². The molecule has 2 aromatic carbocycles. The van der Waals surface area contributed by atoms with Gasteiger partial charge >= 0.3 is 0 Å². The number of halogens is 3. The Morgan fingerprint density at radius 1 is 1.00 bits per heavy atom. The third kappa shape index (κ3) is 5.41. The molecule has 2 saturated heterocycles. The van der Waals surface area contributed by atoms with E-state index in [1.807, 2.05) is 0 Å². The first-order chi connectivity index (χ1) is 17.0. The summed E-state index contributed by atoms with van der Waals surface area (Å²) in [4.78, 5) is 26.1. The average molecular weight is 524 g/mol.